The first-order valence-electron chi connectivity index (χ1n) is 4.20. The molecule has 0 heterocycles. The van der Waals surface area contributed by atoms with Crippen LogP contribution in [0.15, 0.2) is 0 Å². The van der Waals surface area contributed by atoms with Crippen LogP contribution in [0.5, 0.6) is 0 Å². The van der Waals surface area contributed by atoms with E-state index in [0.29, 0.717) is 5.25 Å². The molecule has 0 aliphatic carbocycles. The molecule has 0 bridgehead atoms. The van der Waals surface area contributed by atoms with Gasteiger partial charge in [0.15, 0.2) is 0 Å². The summed E-state index contributed by atoms with van der Waals surface area (Å²) >= 11 is 1.80. The van der Waals surface area contributed by atoms with Gasteiger partial charge in [-0.1, -0.05) is 6.92 Å². The maximum atomic E-state index is 10.2. The number of hydrogen-bond acceptors (Lipinski definition) is 3. The Morgan fingerprint density at radius 1 is 1.67 bits per heavy atom. The summed E-state index contributed by atoms with van der Waals surface area (Å²) in [5.74, 6) is 0.332. The van der Waals surface area contributed by atoms with Crippen LogP contribution >= 0.6 is 11.8 Å². The molecule has 0 saturated carbocycles. The molecule has 1 atom stereocenters. The van der Waals surface area contributed by atoms with Gasteiger partial charge in [0.1, 0.15) is 0 Å². The summed E-state index contributed by atoms with van der Waals surface area (Å²) in [7, 11) is 0. The lowest BCUT2D eigenvalue weighted by Crippen LogP contribution is -2.05. The van der Waals surface area contributed by atoms with Gasteiger partial charge in [-0.05, 0) is 25.1 Å². The van der Waals surface area contributed by atoms with Crippen LogP contribution in [0, 0.1) is 0 Å². The molecule has 3 nitrogen and oxygen atoms in total. The number of aliphatic carboxylic acids is 1. The molecule has 0 aromatic carbocycles. The normalized spacial score (nSPS) is 12.8. The second-order valence-electron chi connectivity index (χ2n) is 2.76. The Morgan fingerprint density at radius 3 is 2.83 bits per heavy atom. The van der Waals surface area contributed by atoms with Gasteiger partial charge in [0, 0.05) is 11.7 Å². The van der Waals surface area contributed by atoms with Crippen molar-refractivity contribution in [2.75, 3.05) is 12.3 Å². The highest BCUT2D eigenvalue weighted by Crippen LogP contribution is 2.16. The summed E-state index contributed by atoms with van der Waals surface area (Å²) in [5, 5.41) is 8.84. The van der Waals surface area contributed by atoms with Crippen LogP contribution in [0.4, 0.5) is 0 Å². The molecule has 4 heteroatoms. The fourth-order valence-electron chi connectivity index (χ4n) is 0.778. The molecule has 0 fully saturated rings. The zero-order valence-electron chi connectivity index (χ0n) is 7.45. The number of thioether (sulfide) groups is 1. The number of carbonyl (C=O) groups is 1. The van der Waals surface area contributed by atoms with E-state index in [1.807, 2.05) is 0 Å². The molecule has 0 aromatic heterocycles. The number of hydrogen-bond donors (Lipinski definition) is 2. The third kappa shape index (κ3) is 7.88. The number of nitrogens with two attached hydrogens (primary N) is 1. The van der Waals surface area contributed by atoms with Crippen LogP contribution in [0.2, 0.25) is 0 Å². The van der Waals surface area contributed by atoms with Gasteiger partial charge in [0.2, 0.25) is 0 Å². The van der Waals surface area contributed by atoms with Crippen molar-refractivity contribution in [1.29, 1.82) is 0 Å². The highest BCUT2D eigenvalue weighted by molar-refractivity contribution is 7.99. The van der Waals surface area contributed by atoms with E-state index in [4.69, 9.17) is 10.8 Å². The number of rotatable bonds is 7. The van der Waals surface area contributed by atoms with Gasteiger partial charge in [-0.2, -0.15) is 11.8 Å². The fraction of sp³-hybridized carbons (Fsp3) is 0.875. The first-order chi connectivity index (χ1) is 5.66. The average Bonchev–Trinajstić information content (AvgIpc) is 2.01. The Labute approximate surface area is 77.7 Å². The van der Waals surface area contributed by atoms with E-state index in [-0.39, 0.29) is 6.42 Å². The largest absolute Gasteiger partial charge is 0.481 e. The van der Waals surface area contributed by atoms with Crippen molar-refractivity contribution in [3.05, 3.63) is 0 Å². The van der Waals surface area contributed by atoms with E-state index in [1.54, 1.807) is 11.8 Å². The molecule has 0 amide bonds. The molecular formula is C8H17NO2S. The lowest BCUT2D eigenvalue weighted by molar-refractivity contribution is -0.137. The second kappa shape index (κ2) is 7.43. The van der Waals surface area contributed by atoms with E-state index in [1.165, 1.54) is 0 Å². The zero-order valence-corrected chi connectivity index (χ0v) is 8.27. The second-order valence-corrected chi connectivity index (χ2v) is 4.30. The summed E-state index contributed by atoms with van der Waals surface area (Å²) in [4.78, 5) is 10.2. The standard InChI is InChI=1S/C8H17NO2S/c1-7(3-4-8(10)11)12-6-2-5-9/h7H,2-6,9H2,1H3,(H,10,11). The van der Waals surface area contributed by atoms with E-state index >= 15 is 0 Å². The Bertz CT molecular complexity index is 130. The maximum absolute atomic E-state index is 10.2. The van der Waals surface area contributed by atoms with Crippen molar-refractivity contribution in [3.63, 3.8) is 0 Å². The molecule has 0 aliphatic heterocycles. The van der Waals surface area contributed by atoms with Crippen molar-refractivity contribution in [3.8, 4) is 0 Å². The molecular weight excluding hydrogens is 174 g/mol. The van der Waals surface area contributed by atoms with Crippen LogP contribution in [0.3, 0.4) is 0 Å². The van der Waals surface area contributed by atoms with Gasteiger partial charge in [-0.3, -0.25) is 4.79 Å². The Hall–Kier alpha value is -0.220. The number of carboxylic acid groups (broad SMARTS) is 1. The van der Waals surface area contributed by atoms with Crippen molar-refractivity contribution in [1.82, 2.24) is 0 Å². The SMILES string of the molecule is CC(CCC(=O)O)SCCCN. The van der Waals surface area contributed by atoms with Crippen molar-refractivity contribution in [2.24, 2.45) is 5.73 Å². The molecule has 3 N–H and O–H groups in total. The first kappa shape index (κ1) is 11.8. The molecule has 0 rings (SSSR count). The topological polar surface area (TPSA) is 63.3 Å². The molecule has 1 unspecified atom stereocenters. The van der Waals surface area contributed by atoms with Crippen molar-refractivity contribution < 1.29 is 9.90 Å². The Kier molecular flexibility index (Phi) is 7.29. The summed E-state index contributed by atoms with van der Waals surface area (Å²) in [5.41, 5.74) is 5.33. The van der Waals surface area contributed by atoms with Crippen molar-refractivity contribution >= 4 is 17.7 Å². The van der Waals surface area contributed by atoms with Gasteiger partial charge < -0.3 is 10.8 Å². The van der Waals surface area contributed by atoms with Crippen LogP contribution in [0.25, 0.3) is 0 Å². The lowest BCUT2D eigenvalue weighted by Gasteiger charge is -2.08. The van der Waals surface area contributed by atoms with Crippen molar-refractivity contribution in [2.45, 2.75) is 31.4 Å². The van der Waals surface area contributed by atoms with E-state index < -0.39 is 5.97 Å². The van der Waals surface area contributed by atoms with Gasteiger partial charge in [-0.15, -0.1) is 0 Å². The minimum absolute atomic E-state index is 0.275. The number of carboxylic acids is 1. The highest BCUT2D eigenvalue weighted by Gasteiger charge is 2.04. The predicted octanol–water partition coefficient (Wildman–Crippen LogP) is 1.32. The Morgan fingerprint density at radius 2 is 2.33 bits per heavy atom. The van der Waals surface area contributed by atoms with Crippen LogP contribution in [0.1, 0.15) is 26.2 Å². The van der Waals surface area contributed by atoms with Crippen LogP contribution in [-0.2, 0) is 4.79 Å². The molecule has 12 heavy (non-hydrogen) atoms. The van der Waals surface area contributed by atoms with Gasteiger partial charge >= 0.3 is 5.97 Å². The molecule has 0 aromatic rings. The highest BCUT2D eigenvalue weighted by atomic mass is 32.2. The monoisotopic (exact) mass is 191 g/mol. The van der Waals surface area contributed by atoms with Gasteiger partial charge in [-0.25, -0.2) is 0 Å². The molecule has 0 spiro atoms. The maximum Gasteiger partial charge on any atom is 0.303 e. The third-order valence-corrected chi connectivity index (χ3v) is 2.84. The quantitative estimate of drug-likeness (QED) is 0.596. The first-order valence-corrected chi connectivity index (χ1v) is 5.25. The summed E-state index contributed by atoms with van der Waals surface area (Å²) in [6, 6.07) is 0. The average molecular weight is 191 g/mol. The van der Waals surface area contributed by atoms with E-state index in [2.05, 4.69) is 6.92 Å². The van der Waals surface area contributed by atoms with Crippen LogP contribution < -0.4 is 5.73 Å². The Balaban J connectivity index is 3.21. The van der Waals surface area contributed by atoms with Gasteiger partial charge in [0.25, 0.3) is 0 Å². The fourth-order valence-corrected chi connectivity index (χ4v) is 1.80. The summed E-state index contributed by atoms with van der Waals surface area (Å²) < 4.78 is 0. The lowest BCUT2D eigenvalue weighted by atomic mass is 10.2. The summed E-state index contributed by atoms with van der Waals surface area (Å²) in [6.45, 7) is 2.78. The van der Waals surface area contributed by atoms with Crippen LogP contribution in [-0.4, -0.2) is 28.6 Å². The molecule has 0 radical (unpaired) electrons. The predicted molar refractivity (Wildman–Crippen MR) is 52.5 cm³/mol. The summed E-state index contributed by atoms with van der Waals surface area (Å²) in [6.07, 6.45) is 2.05. The minimum atomic E-state index is -0.707. The smallest absolute Gasteiger partial charge is 0.303 e. The van der Waals surface area contributed by atoms with E-state index in [9.17, 15) is 4.79 Å². The molecule has 72 valence electrons. The van der Waals surface area contributed by atoms with Gasteiger partial charge in [0.05, 0.1) is 0 Å². The van der Waals surface area contributed by atoms with E-state index in [0.717, 1.165) is 25.1 Å². The molecule has 0 aliphatic rings. The molecule has 0 saturated heterocycles. The minimum Gasteiger partial charge on any atom is -0.481 e. The third-order valence-electron chi connectivity index (χ3n) is 1.52. The zero-order chi connectivity index (χ0) is 9.40.